The van der Waals surface area contributed by atoms with Gasteiger partial charge in [-0.25, -0.2) is 8.42 Å². The van der Waals surface area contributed by atoms with Gasteiger partial charge in [0.2, 0.25) is 0 Å². The van der Waals surface area contributed by atoms with Gasteiger partial charge in [0.15, 0.2) is 9.84 Å². The third-order valence-corrected chi connectivity index (χ3v) is 5.44. The van der Waals surface area contributed by atoms with E-state index in [9.17, 15) is 13.2 Å². The van der Waals surface area contributed by atoms with Gasteiger partial charge < -0.3 is 10.8 Å². The maximum Gasteiger partial charge on any atom is 0.305 e. The number of carbonyl (C=O) groups is 1. The number of aliphatic carboxylic acids is 1. The van der Waals surface area contributed by atoms with E-state index in [1.54, 1.807) is 12.3 Å². The molecular formula is C11H14BrNO4S2. The first-order chi connectivity index (χ1) is 8.66. The van der Waals surface area contributed by atoms with Gasteiger partial charge in [-0.05, 0) is 39.9 Å². The number of nitrogens with two attached hydrogens (primary N) is 1. The van der Waals surface area contributed by atoms with Crippen molar-refractivity contribution in [2.75, 3.05) is 12.5 Å². The van der Waals surface area contributed by atoms with Crippen LogP contribution in [0.3, 0.4) is 0 Å². The monoisotopic (exact) mass is 367 g/mol. The highest BCUT2D eigenvalue weighted by atomic mass is 79.9. The lowest BCUT2D eigenvalue weighted by Gasteiger charge is -2.15. The van der Waals surface area contributed by atoms with Crippen molar-refractivity contribution in [3.05, 3.63) is 22.2 Å². The van der Waals surface area contributed by atoms with Gasteiger partial charge in [-0.2, -0.15) is 0 Å². The molecule has 8 heteroatoms. The average Bonchev–Trinajstić information content (AvgIpc) is 2.25. The highest BCUT2D eigenvalue weighted by Crippen LogP contribution is 2.35. The second-order valence-electron chi connectivity index (χ2n) is 4.01. The highest BCUT2D eigenvalue weighted by molar-refractivity contribution is 9.10. The summed E-state index contributed by atoms with van der Waals surface area (Å²) in [5.41, 5.74) is 6.24. The fourth-order valence-electron chi connectivity index (χ4n) is 1.58. The van der Waals surface area contributed by atoms with Crippen molar-refractivity contribution in [3.8, 4) is 0 Å². The minimum absolute atomic E-state index is 0.158. The Kier molecular flexibility index (Phi) is 5.43. The van der Waals surface area contributed by atoms with Gasteiger partial charge in [-0.3, -0.25) is 4.79 Å². The van der Waals surface area contributed by atoms with Gasteiger partial charge in [0, 0.05) is 21.7 Å². The SMILES string of the molecule is CSc1c(Br)cc(C(N)CC(=O)O)cc1S(C)(=O)=O. The zero-order valence-electron chi connectivity index (χ0n) is 10.4. The number of hydrogen-bond acceptors (Lipinski definition) is 5. The maximum absolute atomic E-state index is 11.8. The predicted octanol–water partition coefficient (Wildman–Crippen LogP) is 2.05. The van der Waals surface area contributed by atoms with E-state index in [2.05, 4.69) is 15.9 Å². The molecule has 0 aromatic heterocycles. The summed E-state index contributed by atoms with van der Waals surface area (Å²) in [5.74, 6) is -1.03. The summed E-state index contributed by atoms with van der Waals surface area (Å²) in [6.07, 6.45) is 2.63. The standard InChI is InChI=1S/C11H14BrNO4S2/c1-18-11-7(12)3-6(8(13)5-10(14)15)4-9(11)19(2,16)17/h3-4,8H,5,13H2,1-2H3,(H,14,15). The summed E-state index contributed by atoms with van der Waals surface area (Å²) in [7, 11) is -3.41. The molecule has 0 aliphatic heterocycles. The van der Waals surface area contributed by atoms with E-state index < -0.39 is 21.8 Å². The van der Waals surface area contributed by atoms with Crippen LogP contribution in [-0.4, -0.2) is 32.0 Å². The van der Waals surface area contributed by atoms with Crippen LogP contribution < -0.4 is 5.73 Å². The molecule has 0 bridgehead atoms. The zero-order valence-corrected chi connectivity index (χ0v) is 13.6. The van der Waals surface area contributed by atoms with Crippen LogP contribution in [0.15, 0.2) is 26.4 Å². The second kappa shape index (κ2) is 6.25. The second-order valence-corrected chi connectivity index (χ2v) is 7.67. The Labute approximate surface area is 124 Å². The molecule has 106 valence electrons. The largest absolute Gasteiger partial charge is 0.481 e. The first kappa shape index (κ1) is 16.5. The molecule has 0 amide bonds. The van der Waals surface area contributed by atoms with E-state index in [1.165, 1.54) is 17.8 Å². The molecule has 5 nitrogen and oxygen atoms in total. The number of hydrogen-bond donors (Lipinski definition) is 2. The van der Waals surface area contributed by atoms with Crippen LogP contribution in [0, 0.1) is 0 Å². The molecule has 1 rings (SSSR count). The Morgan fingerprint density at radius 3 is 2.53 bits per heavy atom. The van der Waals surface area contributed by atoms with Crippen molar-refractivity contribution in [1.82, 2.24) is 0 Å². The fraction of sp³-hybridized carbons (Fsp3) is 0.364. The molecule has 1 atom stereocenters. The fourth-order valence-corrected chi connectivity index (χ4v) is 4.69. The first-order valence-electron chi connectivity index (χ1n) is 5.21. The lowest BCUT2D eigenvalue weighted by Crippen LogP contribution is -2.16. The molecule has 0 fully saturated rings. The lowest BCUT2D eigenvalue weighted by molar-refractivity contribution is -0.137. The maximum atomic E-state index is 11.8. The molecule has 0 heterocycles. The van der Waals surface area contributed by atoms with E-state index in [4.69, 9.17) is 10.8 Å². The van der Waals surface area contributed by atoms with Crippen LogP contribution >= 0.6 is 27.7 Å². The topological polar surface area (TPSA) is 97.5 Å². The molecule has 0 radical (unpaired) electrons. The molecule has 1 aromatic carbocycles. The first-order valence-corrected chi connectivity index (χ1v) is 9.12. The molecule has 1 unspecified atom stereocenters. The van der Waals surface area contributed by atoms with Crippen LogP contribution in [0.4, 0.5) is 0 Å². The van der Waals surface area contributed by atoms with Gasteiger partial charge >= 0.3 is 5.97 Å². The summed E-state index contributed by atoms with van der Waals surface area (Å²) in [5, 5.41) is 8.73. The predicted molar refractivity (Wildman–Crippen MR) is 78.2 cm³/mol. The van der Waals surface area contributed by atoms with Gasteiger partial charge in [-0.1, -0.05) is 0 Å². The van der Waals surface area contributed by atoms with Gasteiger partial charge in [-0.15, -0.1) is 11.8 Å². The van der Waals surface area contributed by atoms with Crippen molar-refractivity contribution < 1.29 is 18.3 Å². The number of carboxylic acid groups (broad SMARTS) is 1. The van der Waals surface area contributed by atoms with Gasteiger partial charge in [0.05, 0.1) is 11.3 Å². The smallest absolute Gasteiger partial charge is 0.305 e. The van der Waals surface area contributed by atoms with E-state index >= 15 is 0 Å². The summed E-state index contributed by atoms with van der Waals surface area (Å²) in [6, 6.07) is 2.36. The quantitative estimate of drug-likeness (QED) is 0.772. The highest BCUT2D eigenvalue weighted by Gasteiger charge is 2.20. The average molecular weight is 368 g/mol. The van der Waals surface area contributed by atoms with E-state index in [1.807, 2.05) is 0 Å². The third kappa shape index (κ3) is 4.20. The number of thioether (sulfide) groups is 1. The minimum atomic E-state index is -3.41. The summed E-state index contributed by atoms with van der Waals surface area (Å²) < 4.78 is 24.1. The Hall–Kier alpha value is -0.570. The number of rotatable bonds is 5. The van der Waals surface area contributed by atoms with Crippen molar-refractivity contribution in [2.45, 2.75) is 22.3 Å². The Balaban J connectivity index is 3.39. The minimum Gasteiger partial charge on any atom is -0.481 e. The molecule has 0 saturated heterocycles. The van der Waals surface area contributed by atoms with Crippen molar-refractivity contribution in [1.29, 1.82) is 0 Å². The normalized spacial score (nSPS) is 13.3. The number of sulfone groups is 1. The summed E-state index contributed by atoms with van der Waals surface area (Å²) in [4.78, 5) is 11.4. The van der Waals surface area contributed by atoms with Crippen LogP contribution in [0.5, 0.6) is 0 Å². The Bertz CT molecular complexity index is 601. The Morgan fingerprint density at radius 2 is 2.11 bits per heavy atom. The molecule has 0 aliphatic rings. The summed E-state index contributed by atoms with van der Waals surface area (Å²) in [6.45, 7) is 0. The van der Waals surface area contributed by atoms with Crippen molar-refractivity contribution >= 4 is 43.5 Å². The number of halogens is 1. The van der Waals surface area contributed by atoms with E-state index in [0.29, 0.717) is 14.9 Å². The number of benzene rings is 1. The third-order valence-electron chi connectivity index (χ3n) is 2.46. The molecule has 0 aliphatic carbocycles. The van der Waals surface area contributed by atoms with Crippen LogP contribution in [0.1, 0.15) is 18.0 Å². The zero-order chi connectivity index (χ0) is 14.8. The van der Waals surface area contributed by atoms with Gasteiger partial charge in [0.1, 0.15) is 0 Å². The summed E-state index contributed by atoms with van der Waals surface area (Å²) >= 11 is 4.60. The molecule has 1 aromatic rings. The van der Waals surface area contributed by atoms with Gasteiger partial charge in [0.25, 0.3) is 0 Å². The van der Waals surface area contributed by atoms with E-state index in [-0.39, 0.29) is 11.3 Å². The molecule has 0 spiro atoms. The van der Waals surface area contributed by atoms with Crippen molar-refractivity contribution in [3.63, 3.8) is 0 Å². The van der Waals surface area contributed by atoms with Crippen molar-refractivity contribution in [2.24, 2.45) is 5.73 Å². The van der Waals surface area contributed by atoms with E-state index in [0.717, 1.165) is 6.26 Å². The molecular weight excluding hydrogens is 354 g/mol. The van der Waals surface area contributed by atoms with Crippen LogP contribution in [0.25, 0.3) is 0 Å². The molecule has 3 N–H and O–H groups in total. The Morgan fingerprint density at radius 1 is 1.53 bits per heavy atom. The number of carboxylic acids is 1. The van der Waals surface area contributed by atoms with Crippen LogP contribution in [-0.2, 0) is 14.6 Å². The molecule has 0 saturated carbocycles. The lowest BCUT2D eigenvalue weighted by atomic mass is 10.1. The van der Waals surface area contributed by atoms with Crippen LogP contribution in [0.2, 0.25) is 0 Å². The molecule has 19 heavy (non-hydrogen) atoms.